The highest BCUT2D eigenvalue weighted by Gasteiger charge is 2.56. The normalized spacial score (nSPS) is 35.7. The molecule has 2 saturated heterocycles. The van der Waals surface area contributed by atoms with Crippen LogP contribution in [0, 0.1) is 24.2 Å². The van der Waals surface area contributed by atoms with Crippen molar-refractivity contribution in [2.24, 2.45) is 11.8 Å². The number of ether oxygens (including phenoxy) is 2. The topological polar surface area (TPSA) is 72.8 Å². The number of esters is 1. The van der Waals surface area contributed by atoms with Crippen molar-refractivity contribution < 1.29 is 24.2 Å². The van der Waals surface area contributed by atoms with E-state index in [1.807, 2.05) is 0 Å². The zero-order chi connectivity index (χ0) is 11.7. The van der Waals surface area contributed by atoms with Gasteiger partial charge in [-0.3, -0.25) is 9.59 Å². The highest BCUT2D eigenvalue weighted by atomic mass is 16.5. The maximum Gasteiger partial charge on any atom is 0.313 e. The smallest absolute Gasteiger partial charge is 0.313 e. The van der Waals surface area contributed by atoms with Crippen LogP contribution in [-0.2, 0) is 19.1 Å². The van der Waals surface area contributed by atoms with E-state index in [1.165, 1.54) is 0 Å². The molecule has 0 radical (unpaired) electrons. The average Bonchev–Trinajstić information content (AvgIpc) is 2.84. The Hall–Kier alpha value is -1.54. The van der Waals surface area contributed by atoms with Gasteiger partial charge in [-0.15, -0.1) is 6.42 Å². The van der Waals surface area contributed by atoms with Crippen molar-refractivity contribution in [3.63, 3.8) is 0 Å². The summed E-state index contributed by atoms with van der Waals surface area (Å²) in [5, 5.41) is 9.05. The summed E-state index contributed by atoms with van der Waals surface area (Å²) in [5.41, 5.74) is 0. The summed E-state index contributed by atoms with van der Waals surface area (Å²) in [4.78, 5) is 22.7. The molecule has 0 saturated carbocycles. The first-order valence-corrected chi connectivity index (χ1v) is 5.13. The van der Waals surface area contributed by atoms with Crippen LogP contribution in [0.1, 0.15) is 12.8 Å². The summed E-state index contributed by atoms with van der Waals surface area (Å²) in [6.45, 7) is -0.126. The van der Waals surface area contributed by atoms with Gasteiger partial charge >= 0.3 is 11.9 Å². The van der Waals surface area contributed by atoms with E-state index in [1.54, 1.807) is 0 Å². The number of carboxylic acids is 1. The molecule has 0 spiro atoms. The Morgan fingerprint density at radius 2 is 2.00 bits per heavy atom. The summed E-state index contributed by atoms with van der Waals surface area (Å²) < 4.78 is 10.2. The van der Waals surface area contributed by atoms with Crippen molar-refractivity contribution in [2.45, 2.75) is 25.0 Å². The SMILES string of the molecule is C#CCOC(=O)[C@H]1[C@@H](C(=O)O)[C@@H]2CC[C@@H]1O2. The Balaban J connectivity index is 2.10. The third-order valence-corrected chi connectivity index (χ3v) is 3.13. The fourth-order valence-electron chi connectivity index (χ4n) is 2.50. The fourth-order valence-corrected chi connectivity index (χ4v) is 2.50. The predicted molar refractivity (Wildman–Crippen MR) is 52.3 cm³/mol. The molecule has 2 heterocycles. The number of aliphatic carboxylic acids is 1. The molecule has 86 valence electrons. The lowest BCUT2D eigenvalue weighted by Gasteiger charge is -2.22. The largest absolute Gasteiger partial charge is 0.481 e. The van der Waals surface area contributed by atoms with E-state index in [9.17, 15) is 9.59 Å². The maximum atomic E-state index is 11.6. The van der Waals surface area contributed by atoms with Crippen LogP contribution in [0.4, 0.5) is 0 Å². The molecular formula is C11H12O5. The first-order valence-electron chi connectivity index (χ1n) is 5.13. The number of hydrogen-bond acceptors (Lipinski definition) is 4. The van der Waals surface area contributed by atoms with Gasteiger partial charge < -0.3 is 14.6 Å². The Bertz CT molecular complexity index is 356. The van der Waals surface area contributed by atoms with Crippen LogP contribution in [0.2, 0.25) is 0 Å². The van der Waals surface area contributed by atoms with Gasteiger partial charge in [0.05, 0.1) is 24.0 Å². The number of terminal acetylenes is 1. The molecule has 2 rings (SSSR count). The van der Waals surface area contributed by atoms with E-state index in [-0.39, 0.29) is 18.8 Å². The maximum absolute atomic E-state index is 11.6. The molecule has 0 unspecified atom stereocenters. The Labute approximate surface area is 92.7 Å². The van der Waals surface area contributed by atoms with Crippen LogP contribution in [0.25, 0.3) is 0 Å². The quantitative estimate of drug-likeness (QED) is 0.541. The Kier molecular flexibility index (Phi) is 2.84. The van der Waals surface area contributed by atoms with Crippen molar-refractivity contribution in [3.8, 4) is 12.3 Å². The molecule has 0 aromatic carbocycles. The molecule has 2 aliphatic rings. The molecule has 16 heavy (non-hydrogen) atoms. The molecule has 4 atom stereocenters. The Morgan fingerprint density at radius 3 is 2.56 bits per heavy atom. The number of carbonyl (C=O) groups excluding carboxylic acids is 1. The lowest BCUT2D eigenvalue weighted by atomic mass is 9.79. The predicted octanol–water partition coefficient (Wildman–Crippen LogP) is 0.0410. The van der Waals surface area contributed by atoms with Gasteiger partial charge in [0.25, 0.3) is 0 Å². The molecule has 2 aliphatic heterocycles. The molecule has 1 N–H and O–H groups in total. The van der Waals surface area contributed by atoms with Crippen molar-refractivity contribution in [1.29, 1.82) is 0 Å². The third-order valence-electron chi connectivity index (χ3n) is 3.13. The second-order valence-electron chi connectivity index (χ2n) is 3.99. The molecule has 5 heteroatoms. The number of fused-ring (bicyclic) bond motifs is 2. The number of rotatable bonds is 3. The van der Waals surface area contributed by atoms with Crippen LogP contribution in [0.5, 0.6) is 0 Å². The van der Waals surface area contributed by atoms with Gasteiger partial charge in [-0.1, -0.05) is 5.92 Å². The molecule has 2 fully saturated rings. The second kappa shape index (κ2) is 4.14. The second-order valence-corrected chi connectivity index (χ2v) is 3.99. The molecule has 2 bridgehead atoms. The van der Waals surface area contributed by atoms with E-state index >= 15 is 0 Å². The van der Waals surface area contributed by atoms with Crippen LogP contribution >= 0.6 is 0 Å². The lowest BCUT2D eigenvalue weighted by molar-refractivity contribution is -0.157. The molecule has 0 amide bonds. The number of carbonyl (C=O) groups is 2. The van der Waals surface area contributed by atoms with Gasteiger partial charge in [-0.2, -0.15) is 0 Å². The number of hydrogen-bond donors (Lipinski definition) is 1. The minimum absolute atomic E-state index is 0.126. The zero-order valence-corrected chi connectivity index (χ0v) is 8.59. The van der Waals surface area contributed by atoms with Crippen molar-refractivity contribution in [1.82, 2.24) is 0 Å². The van der Waals surface area contributed by atoms with Gasteiger partial charge in [0, 0.05) is 0 Å². The monoisotopic (exact) mass is 224 g/mol. The lowest BCUT2D eigenvalue weighted by Crippen LogP contribution is -2.39. The third kappa shape index (κ3) is 1.65. The van der Waals surface area contributed by atoms with Crippen LogP contribution < -0.4 is 0 Å². The zero-order valence-electron chi connectivity index (χ0n) is 8.59. The minimum atomic E-state index is -1.00. The highest BCUT2D eigenvalue weighted by Crippen LogP contribution is 2.44. The van der Waals surface area contributed by atoms with Gasteiger partial charge in [0.2, 0.25) is 0 Å². The number of carboxylic acid groups (broad SMARTS) is 1. The van der Waals surface area contributed by atoms with E-state index < -0.39 is 23.8 Å². The minimum Gasteiger partial charge on any atom is -0.481 e. The van der Waals surface area contributed by atoms with E-state index in [4.69, 9.17) is 21.0 Å². The first-order chi connectivity index (χ1) is 7.65. The van der Waals surface area contributed by atoms with Gasteiger partial charge in [0.1, 0.15) is 0 Å². The van der Waals surface area contributed by atoms with E-state index in [0.717, 1.165) is 0 Å². The molecule has 0 aliphatic carbocycles. The van der Waals surface area contributed by atoms with Crippen molar-refractivity contribution in [3.05, 3.63) is 0 Å². The summed E-state index contributed by atoms with van der Waals surface area (Å²) in [6.07, 6.45) is 5.70. The van der Waals surface area contributed by atoms with Crippen molar-refractivity contribution >= 4 is 11.9 Å². The fraction of sp³-hybridized carbons (Fsp3) is 0.636. The van der Waals surface area contributed by atoms with Crippen LogP contribution in [0.3, 0.4) is 0 Å². The summed E-state index contributed by atoms with van der Waals surface area (Å²) >= 11 is 0. The first kappa shape index (κ1) is 11.0. The van der Waals surface area contributed by atoms with Gasteiger partial charge in [-0.25, -0.2) is 0 Å². The summed E-state index contributed by atoms with van der Waals surface area (Å²) in [6, 6.07) is 0. The van der Waals surface area contributed by atoms with Gasteiger partial charge in [0.15, 0.2) is 6.61 Å². The molecule has 5 nitrogen and oxygen atoms in total. The van der Waals surface area contributed by atoms with Gasteiger partial charge in [-0.05, 0) is 12.8 Å². The van der Waals surface area contributed by atoms with Crippen molar-refractivity contribution in [2.75, 3.05) is 6.61 Å². The van der Waals surface area contributed by atoms with Crippen LogP contribution in [0.15, 0.2) is 0 Å². The van der Waals surface area contributed by atoms with Crippen LogP contribution in [-0.4, -0.2) is 35.9 Å². The van der Waals surface area contributed by atoms with E-state index in [2.05, 4.69) is 5.92 Å². The Morgan fingerprint density at radius 1 is 1.38 bits per heavy atom. The molecule has 0 aromatic rings. The molecule has 0 aromatic heterocycles. The molecular weight excluding hydrogens is 212 g/mol. The standard InChI is InChI=1S/C11H12O5/c1-2-5-15-11(14)9-7-4-3-6(16-7)8(9)10(12)13/h1,6-9H,3-5H2,(H,12,13)/t6-,7-,8-,9+/m0/s1. The highest BCUT2D eigenvalue weighted by molar-refractivity contribution is 5.83. The average molecular weight is 224 g/mol. The summed E-state index contributed by atoms with van der Waals surface area (Å²) in [5.74, 6) is -0.876. The van der Waals surface area contributed by atoms with E-state index in [0.29, 0.717) is 12.8 Å². The summed E-state index contributed by atoms with van der Waals surface area (Å²) in [7, 11) is 0.